The van der Waals surface area contributed by atoms with E-state index in [0.717, 1.165) is 59.6 Å². The number of nitrogens with zero attached hydrogens (tertiary/aromatic N) is 4. The zero-order valence-electron chi connectivity index (χ0n) is 17.7. The average Bonchev–Trinajstić information content (AvgIpc) is 2.65. The largest absolute Gasteiger partial charge is 0.369 e. The molecule has 150 valence electrons. The Kier molecular flexibility index (Phi) is 5.33. The summed E-state index contributed by atoms with van der Waals surface area (Å²) in [7, 11) is 1.80. The summed E-state index contributed by atoms with van der Waals surface area (Å²) in [5.41, 5.74) is 6.78. The third kappa shape index (κ3) is 3.75. The van der Waals surface area contributed by atoms with Crippen molar-refractivity contribution in [3.8, 4) is 0 Å². The van der Waals surface area contributed by atoms with E-state index in [0.29, 0.717) is 5.41 Å². The molecule has 1 spiro atoms. The van der Waals surface area contributed by atoms with Gasteiger partial charge in [-0.05, 0) is 38.5 Å². The Balaban J connectivity index is 1.66. The van der Waals surface area contributed by atoms with Crippen molar-refractivity contribution < 1.29 is 0 Å². The van der Waals surface area contributed by atoms with Gasteiger partial charge in [-0.3, -0.25) is 15.0 Å². The highest BCUT2D eigenvalue weighted by Gasteiger charge is 2.47. The number of pyridine rings is 1. The van der Waals surface area contributed by atoms with E-state index in [1.165, 1.54) is 5.70 Å². The molecule has 5 heteroatoms. The van der Waals surface area contributed by atoms with Crippen molar-refractivity contribution in [3.05, 3.63) is 59.1 Å². The van der Waals surface area contributed by atoms with E-state index in [-0.39, 0.29) is 0 Å². The van der Waals surface area contributed by atoms with Gasteiger partial charge in [0.15, 0.2) is 0 Å². The van der Waals surface area contributed by atoms with Crippen molar-refractivity contribution in [1.82, 2.24) is 15.2 Å². The molecule has 0 aliphatic carbocycles. The van der Waals surface area contributed by atoms with Crippen LogP contribution in [0.4, 0.5) is 0 Å². The minimum Gasteiger partial charge on any atom is -0.369 e. The normalized spacial score (nSPS) is 19.7. The van der Waals surface area contributed by atoms with Crippen LogP contribution in [0.15, 0.2) is 57.8 Å². The molecule has 0 amide bonds. The van der Waals surface area contributed by atoms with Crippen molar-refractivity contribution in [1.29, 1.82) is 0 Å². The number of aromatic nitrogens is 1. The Hall–Kier alpha value is -2.79. The maximum absolute atomic E-state index is 4.84. The highest BCUT2D eigenvalue weighted by Crippen LogP contribution is 2.36. The third-order valence-electron chi connectivity index (χ3n) is 5.89. The molecule has 4 rings (SSSR count). The predicted octanol–water partition coefficient (Wildman–Crippen LogP) is 3.85. The number of fused-ring (bicyclic) bond motifs is 1. The Morgan fingerprint density at radius 2 is 1.97 bits per heavy atom. The lowest BCUT2D eigenvalue weighted by Gasteiger charge is -2.57. The fourth-order valence-electron chi connectivity index (χ4n) is 4.24. The van der Waals surface area contributed by atoms with Gasteiger partial charge in [0.05, 0.1) is 17.4 Å². The topological polar surface area (TPSA) is 52.9 Å². The van der Waals surface area contributed by atoms with E-state index < -0.39 is 0 Å². The molecule has 0 bridgehead atoms. The van der Waals surface area contributed by atoms with Crippen LogP contribution in [0.25, 0.3) is 16.5 Å². The van der Waals surface area contributed by atoms with E-state index in [4.69, 9.17) is 4.99 Å². The third-order valence-corrected chi connectivity index (χ3v) is 5.89. The number of nitrogens with one attached hydrogen (secondary N) is 1. The quantitative estimate of drug-likeness (QED) is 0.793. The van der Waals surface area contributed by atoms with Crippen LogP contribution in [-0.2, 0) is 0 Å². The smallest absolute Gasteiger partial charge is 0.0711 e. The maximum Gasteiger partial charge on any atom is 0.0711 e. The Labute approximate surface area is 173 Å². The van der Waals surface area contributed by atoms with Crippen LogP contribution < -0.4 is 5.32 Å². The Morgan fingerprint density at radius 1 is 1.21 bits per heavy atom. The predicted molar refractivity (Wildman–Crippen MR) is 123 cm³/mol. The van der Waals surface area contributed by atoms with Gasteiger partial charge in [0.2, 0.25) is 0 Å². The molecule has 2 saturated heterocycles. The van der Waals surface area contributed by atoms with Crippen LogP contribution in [0, 0.1) is 12.3 Å². The summed E-state index contributed by atoms with van der Waals surface area (Å²) in [5, 5.41) is 4.51. The van der Waals surface area contributed by atoms with Gasteiger partial charge in [-0.15, -0.1) is 0 Å². The summed E-state index contributed by atoms with van der Waals surface area (Å²) < 4.78 is 0. The number of benzene rings is 1. The van der Waals surface area contributed by atoms with Gasteiger partial charge in [0.25, 0.3) is 0 Å². The van der Waals surface area contributed by atoms with E-state index in [1.54, 1.807) is 7.05 Å². The van der Waals surface area contributed by atoms with E-state index in [2.05, 4.69) is 64.4 Å². The lowest BCUT2D eigenvalue weighted by atomic mass is 9.74. The standard InChI is InChI=1S/C24H29N5/c1-5-19(29-15-24(16-29)13-26-14-24)11-27-18(3)22(12-25-4)21-10-17(2)28-23-9-7-6-8-20(21)23/h5-12,26H,13-16H2,1-4H3/b19-5+,22-18-,25-12?,27-11-. The molecule has 2 aliphatic heterocycles. The van der Waals surface area contributed by atoms with Gasteiger partial charge in [0.1, 0.15) is 0 Å². The molecule has 1 aromatic heterocycles. The lowest BCUT2D eigenvalue weighted by Crippen LogP contribution is -2.70. The number of aliphatic imine (C=N–C) groups is 2. The first-order valence-electron chi connectivity index (χ1n) is 10.2. The van der Waals surface area contributed by atoms with Crippen molar-refractivity contribution in [2.24, 2.45) is 15.4 Å². The first-order valence-corrected chi connectivity index (χ1v) is 10.2. The summed E-state index contributed by atoms with van der Waals surface area (Å²) in [6.07, 6.45) is 6.05. The number of likely N-dealkylation sites (tertiary alicyclic amines) is 1. The van der Waals surface area contributed by atoms with Crippen molar-refractivity contribution in [2.45, 2.75) is 20.8 Å². The van der Waals surface area contributed by atoms with Crippen LogP contribution in [0.3, 0.4) is 0 Å². The lowest BCUT2D eigenvalue weighted by molar-refractivity contribution is -0.0119. The minimum atomic E-state index is 0.500. The highest BCUT2D eigenvalue weighted by atomic mass is 15.3. The fraction of sp³-hybridized carbons (Fsp3) is 0.375. The number of rotatable bonds is 5. The van der Waals surface area contributed by atoms with Gasteiger partial charge in [0, 0.05) is 67.2 Å². The molecule has 0 saturated carbocycles. The Bertz CT molecular complexity index is 1030. The molecule has 0 unspecified atom stereocenters. The van der Waals surface area contributed by atoms with Crippen LogP contribution >= 0.6 is 0 Å². The van der Waals surface area contributed by atoms with E-state index in [1.807, 2.05) is 25.4 Å². The minimum absolute atomic E-state index is 0.500. The molecule has 0 radical (unpaired) electrons. The fourth-order valence-corrected chi connectivity index (χ4v) is 4.24. The zero-order valence-corrected chi connectivity index (χ0v) is 17.7. The molecule has 29 heavy (non-hydrogen) atoms. The van der Waals surface area contributed by atoms with Crippen LogP contribution in [0.1, 0.15) is 25.1 Å². The second-order valence-corrected chi connectivity index (χ2v) is 8.15. The van der Waals surface area contributed by atoms with Gasteiger partial charge < -0.3 is 10.2 Å². The highest BCUT2D eigenvalue weighted by molar-refractivity contribution is 6.15. The molecule has 2 aliphatic rings. The summed E-state index contributed by atoms with van der Waals surface area (Å²) in [6.45, 7) is 10.7. The van der Waals surface area contributed by atoms with Gasteiger partial charge >= 0.3 is 0 Å². The number of hydrogen-bond donors (Lipinski definition) is 1. The zero-order chi connectivity index (χ0) is 20.4. The van der Waals surface area contributed by atoms with Gasteiger partial charge in [-0.2, -0.15) is 0 Å². The maximum atomic E-state index is 4.84. The number of para-hydroxylation sites is 1. The summed E-state index contributed by atoms with van der Waals surface area (Å²) >= 11 is 0. The van der Waals surface area contributed by atoms with E-state index in [9.17, 15) is 0 Å². The van der Waals surface area contributed by atoms with Crippen molar-refractivity contribution in [2.75, 3.05) is 33.2 Å². The second kappa shape index (κ2) is 7.91. The molecule has 0 atom stereocenters. The summed E-state index contributed by atoms with van der Waals surface area (Å²) in [5.74, 6) is 0. The molecule has 2 aromatic rings. The molecular weight excluding hydrogens is 358 g/mol. The number of aryl methyl sites for hydroxylation is 1. The van der Waals surface area contributed by atoms with Crippen LogP contribution in [0.2, 0.25) is 0 Å². The summed E-state index contributed by atoms with van der Waals surface area (Å²) in [6, 6.07) is 10.4. The van der Waals surface area contributed by atoms with Crippen LogP contribution in [-0.4, -0.2) is 55.5 Å². The van der Waals surface area contributed by atoms with Crippen molar-refractivity contribution in [3.63, 3.8) is 0 Å². The first kappa shape index (κ1) is 19.5. The van der Waals surface area contributed by atoms with E-state index >= 15 is 0 Å². The monoisotopic (exact) mass is 387 g/mol. The summed E-state index contributed by atoms with van der Waals surface area (Å²) in [4.78, 5) is 16.2. The number of hydrogen-bond acceptors (Lipinski definition) is 5. The molecule has 5 nitrogen and oxygen atoms in total. The molecule has 2 fully saturated rings. The van der Waals surface area contributed by atoms with Crippen molar-refractivity contribution >= 4 is 28.9 Å². The average molecular weight is 388 g/mol. The second-order valence-electron chi connectivity index (χ2n) is 8.15. The molecular formula is C24H29N5. The van der Waals surface area contributed by atoms with Crippen LogP contribution in [0.5, 0.6) is 0 Å². The SMILES string of the molecule is C\C=C(/C=N\C(C)=C(\C=NC)c1cc(C)nc2ccccc12)N1CC2(CNC2)C1. The van der Waals surface area contributed by atoms with Gasteiger partial charge in [-0.1, -0.05) is 24.3 Å². The van der Waals surface area contributed by atoms with Gasteiger partial charge in [-0.25, -0.2) is 0 Å². The molecule has 1 N–H and O–H groups in total. The molecule has 1 aromatic carbocycles. The molecule has 3 heterocycles. The number of allylic oxidation sites excluding steroid dienone is 4. The first-order chi connectivity index (χ1) is 14.0. The Morgan fingerprint density at radius 3 is 2.62 bits per heavy atom.